The van der Waals surface area contributed by atoms with Crippen molar-refractivity contribution in [3.8, 4) is 0 Å². The highest BCUT2D eigenvalue weighted by Crippen LogP contribution is 2.30. The number of hydrogen-bond acceptors (Lipinski definition) is 2. The van der Waals surface area contributed by atoms with Crippen molar-refractivity contribution in [2.75, 3.05) is 5.73 Å². The first-order chi connectivity index (χ1) is 10.7. The van der Waals surface area contributed by atoms with Gasteiger partial charge in [-0.05, 0) is 29.8 Å². The molecular weight excluding hydrogens is 277 g/mol. The molecule has 0 aliphatic rings. The zero-order valence-corrected chi connectivity index (χ0v) is 11.8. The van der Waals surface area contributed by atoms with Crippen LogP contribution in [0.25, 0.3) is 21.8 Å². The number of pyridine rings is 1. The van der Waals surface area contributed by atoms with E-state index in [2.05, 4.69) is 21.7 Å². The molecule has 0 bridgehead atoms. The topological polar surface area (TPSA) is 43.8 Å². The Bertz CT molecular complexity index is 971. The first-order valence-electron chi connectivity index (χ1n) is 7.09. The van der Waals surface area contributed by atoms with Gasteiger partial charge in [0, 0.05) is 22.8 Å². The van der Waals surface area contributed by atoms with Crippen molar-refractivity contribution in [3.63, 3.8) is 0 Å². The fraction of sp³-hybridized carbons (Fsp3) is 0.0556. The molecule has 4 aromatic rings. The van der Waals surface area contributed by atoms with Gasteiger partial charge in [-0.3, -0.25) is 0 Å². The molecule has 22 heavy (non-hydrogen) atoms. The normalized spacial score (nSPS) is 11.3. The van der Waals surface area contributed by atoms with Gasteiger partial charge in [0.25, 0.3) is 0 Å². The highest BCUT2D eigenvalue weighted by atomic mass is 19.1. The van der Waals surface area contributed by atoms with Crippen LogP contribution in [0.4, 0.5) is 10.2 Å². The minimum atomic E-state index is -0.222. The summed E-state index contributed by atoms with van der Waals surface area (Å²) in [6, 6.07) is 16.7. The number of fused-ring (bicyclic) bond motifs is 3. The number of benzene rings is 2. The van der Waals surface area contributed by atoms with Gasteiger partial charge in [-0.1, -0.05) is 30.3 Å². The maximum atomic E-state index is 13.1. The van der Waals surface area contributed by atoms with Crippen LogP contribution < -0.4 is 5.73 Å². The van der Waals surface area contributed by atoms with E-state index in [9.17, 15) is 4.39 Å². The van der Waals surface area contributed by atoms with Crippen LogP contribution in [0, 0.1) is 5.82 Å². The van der Waals surface area contributed by atoms with Crippen molar-refractivity contribution in [2.45, 2.75) is 6.54 Å². The zero-order valence-electron chi connectivity index (χ0n) is 11.8. The van der Waals surface area contributed by atoms with Crippen molar-refractivity contribution >= 4 is 27.6 Å². The fourth-order valence-electron chi connectivity index (χ4n) is 2.90. The number of nitrogen functional groups attached to an aromatic ring is 1. The van der Waals surface area contributed by atoms with Gasteiger partial charge in [0.15, 0.2) is 0 Å². The van der Waals surface area contributed by atoms with E-state index in [1.807, 2.05) is 18.2 Å². The highest BCUT2D eigenvalue weighted by molar-refractivity contribution is 6.08. The maximum absolute atomic E-state index is 13.1. The molecule has 0 fully saturated rings. The van der Waals surface area contributed by atoms with E-state index in [1.54, 1.807) is 18.3 Å². The largest absolute Gasteiger partial charge is 0.384 e. The summed E-state index contributed by atoms with van der Waals surface area (Å²) < 4.78 is 15.3. The van der Waals surface area contributed by atoms with E-state index in [-0.39, 0.29) is 5.82 Å². The van der Waals surface area contributed by atoms with Crippen LogP contribution in [-0.2, 0) is 6.54 Å². The fourth-order valence-corrected chi connectivity index (χ4v) is 2.90. The Morgan fingerprint density at radius 3 is 2.55 bits per heavy atom. The number of rotatable bonds is 2. The van der Waals surface area contributed by atoms with Crippen LogP contribution in [0.1, 0.15) is 5.56 Å². The summed E-state index contributed by atoms with van der Waals surface area (Å²) in [6.07, 6.45) is 1.80. The summed E-state index contributed by atoms with van der Waals surface area (Å²) in [6.45, 7) is 0.663. The summed E-state index contributed by atoms with van der Waals surface area (Å²) in [5.74, 6) is 0.289. The van der Waals surface area contributed by atoms with Crippen LogP contribution in [0.15, 0.2) is 60.8 Å². The maximum Gasteiger partial charge on any atom is 0.124 e. The van der Waals surface area contributed by atoms with E-state index in [0.717, 1.165) is 27.4 Å². The Morgan fingerprint density at radius 2 is 1.73 bits per heavy atom. The molecule has 4 rings (SSSR count). The van der Waals surface area contributed by atoms with Crippen LogP contribution in [0.5, 0.6) is 0 Å². The molecule has 0 radical (unpaired) electrons. The Morgan fingerprint density at radius 1 is 0.955 bits per heavy atom. The smallest absolute Gasteiger partial charge is 0.124 e. The van der Waals surface area contributed by atoms with Crippen LogP contribution in [0.3, 0.4) is 0 Å². The lowest BCUT2D eigenvalue weighted by Gasteiger charge is -2.07. The number of halogens is 1. The SMILES string of the molecule is Nc1cc2c3ccccc3n(Cc3ccc(F)cc3)c2cn1. The molecule has 0 saturated carbocycles. The number of nitrogens with zero attached hydrogens (tertiary/aromatic N) is 2. The van der Waals surface area contributed by atoms with Gasteiger partial charge in [0.1, 0.15) is 11.6 Å². The molecule has 2 heterocycles. The summed E-state index contributed by atoms with van der Waals surface area (Å²) in [7, 11) is 0. The number of nitrogens with two attached hydrogens (primary N) is 1. The van der Waals surface area contributed by atoms with Gasteiger partial charge in [0.05, 0.1) is 11.7 Å². The lowest BCUT2D eigenvalue weighted by atomic mass is 10.2. The summed E-state index contributed by atoms with van der Waals surface area (Å²) >= 11 is 0. The third-order valence-corrected chi connectivity index (χ3v) is 3.93. The minimum absolute atomic E-state index is 0.222. The second-order valence-corrected chi connectivity index (χ2v) is 5.36. The molecule has 2 aromatic heterocycles. The molecule has 0 atom stereocenters. The standard InChI is InChI=1S/C18H14FN3/c19-13-7-5-12(6-8-13)11-22-16-4-2-1-3-14(16)15-9-18(20)21-10-17(15)22/h1-10H,11H2,(H2,20,21). The van der Waals surface area contributed by atoms with Crippen molar-refractivity contribution < 1.29 is 4.39 Å². The van der Waals surface area contributed by atoms with Crippen molar-refractivity contribution in [3.05, 3.63) is 72.2 Å². The Balaban J connectivity index is 1.96. The molecule has 0 unspecified atom stereocenters. The molecule has 0 spiro atoms. The van der Waals surface area contributed by atoms with Crippen molar-refractivity contribution in [1.29, 1.82) is 0 Å². The van der Waals surface area contributed by atoms with Gasteiger partial charge in [-0.2, -0.15) is 0 Å². The van der Waals surface area contributed by atoms with E-state index in [1.165, 1.54) is 12.1 Å². The van der Waals surface area contributed by atoms with Gasteiger partial charge < -0.3 is 10.3 Å². The molecule has 2 aromatic carbocycles. The number of para-hydroxylation sites is 1. The van der Waals surface area contributed by atoms with Gasteiger partial charge in [0.2, 0.25) is 0 Å². The summed E-state index contributed by atoms with van der Waals surface area (Å²) in [5, 5.41) is 2.24. The van der Waals surface area contributed by atoms with Gasteiger partial charge >= 0.3 is 0 Å². The Kier molecular flexibility index (Phi) is 2.82. The molecule has 0 amide bonds. The van der Waals surface area contributed by atoms with E-state index in [0.29, 0.717) is 12.4 Å². The van der Waals surface area contributed by atoms with E-state index in [4.69, 9.17) is 5.73 Å². The van der Waals surface area contributed by atoms with E-state index < -0.39 is 0 Å². The molecule has 3 nitrogen and oxygen atoms in total. The molecule has 2 N–H and O–H groups in total. The predicted molar refractivity (Wildman–Crippen MR) is 87.2 cm³/mol. The first kappa shape index (κ1) is 12.8. The molecule has 0 aliphatic carbocycles. The molecule has 0 aliphatic heterocycles. The molecule has 4 heteroatoms. The Labute approximate surface area is 126 Å². The average Bonchev–Trinajstić information content (AvgIpc) is 2.83. The molecule has 108 valence electrons. The second-order valence-electron chi connectivity index (χ2n) is 5.36. The summed E-state index contributed by atoms with van der Waals surface area (Å²) in [5.41, 5.74) is 9.02. The monoisotopic (exact) mass is 291 g/mol. The van der Waals surface area contributed by atoms with Crippen molar-refractivity contribution in [1.82, 2.24) is 9.55 Å². The van der Waals surface area contributed by atoms with Gasteiger partial charge in [-0.15, -0.1) is 0 Å². The van der Waals surface area contributed by atoms with Crippen LogP contribution in [-0.4, -0.2) is 9.55 Å². The quantitative estimate of drug-likeness (QED) is 0.607. The lowest BCUT2D eigenvalue weighted by molar-refractivity contribution is 0.626. The highest BCUT2D eigenvalue weighted by Gasteiger charge is 2.11. The Hall–Kier alpha value is -2.88. The van der Waals surface area contributed by atoms with Crippen molar-refractivity contribution in [2.24, 2.45) is 0 Å². The molecular formula is C18H14FN3. The van der Waals surface area contributed by atoms with Crippen LogP contribution in [0.2, 0.25) is 0 Å². The second kappa shape index (κ2) is 4.84. The summed E-state index contributed by atoms with van der Waals surface area (Å²) in [4.78, 5) is 4.22. The minimum Gasteiger partial charge on any atom is -0.384 e. The van der Waals surface area contributed by atoms with Crippen LogP contribution >= 0.6 is 0 Å². The average molecular weight is 291 g/mol. The zero-order chi connectivity index (χ0) is 15.1. The number of aromatic nitrogens is 2. The molecule has 0 saturated heterocycles. The lowest BCUT2D eigenvalue weighted by Crippen LogP contribution is -2.00. The van der Waals surface area contributed by atoms with Gasteiger partial charge in [-0.25, -0.2) is 9.37 Å². The first-order valence-corrected chi connectivity index (χ1v) is 7.09. The predicted octanol–water partition coefficient (Wildman–Crippen LogP) is 3.96. The third-order valence-electron chi connectivity index (χ3n) is 3.93. The number of anilines is 1. The number of hydrogen-bond donors (Lipinski definition) is 1. The van der Waals surface area contributed by atoms with E-state index >= 15 is 0 Å². The third kappa shape index (κ3) is 2.00.